The van der Waals surface area contributed by atoms with Gasteiger partial charge in [0.2, 0.25) is 15.9 Å². The van der Waals surface area contributed by atoms with E-state index in [4.69, 9.17) is 4.74 Å². The Labute approximate surface area is 148 Å². The minimum absolute atomic E-state index is 0.0605. The van der Waals surface area contributed by atoms with Gasteiger partial charge >= 0.3 is 0 Å². The van der Waals surface area contributed by atoms with Crippen molar-refractivity contribution in [3.63, 3.8) is 0 Å². The van der Waals surface area contributed by atoms with Gasteiger partial charge in [0.1, 0.15) is 11.9 Å². The van der Waals surface area contributed by atoms with Crippen molar-refractivity contribution in [2.75, 3.05) is 30.4 Å². The Balaban J connectivity index is 1.67. The number of carbonyl (C=O) groups is 1. The highest BCUT2D eigenvalue weighted by molar-refractivity contribution is 7.89. The molecule has 1 N–H and O–H groups in total. The van der Waals surface area contributed by atoms with Gasteiger partial charge in [-0.25, -0.2) is 13.1 Å². The molecule has 0 radical (unpaired) electrons. The van der Waals surface area contributed by atoms with Crippen LogP contribution in [0.4, 0.5) is 5.82 Å². The highest BCUT2D eigenvalue weighted by atomic mass is 32.2. The largest absolute Gasteiger partial charge is 0.381 e. The maximum atomic E-state index is 12.8. The first-order chi connectivity index (χ1) is 11.9. The van der Waals surface area contributed by atoms with E-state index in [1.54, 1.807) is 16.6 Å². The molecule has 1 amide bonds. The molecule has 8 nitrogen and oxygen atoms in total. The minimum atomic E-state index is -3.50. The average molecular weight is 370 g/mol. The Morgan fingerprint density at radius 1 is 1.32 bits per heavy atom. The number of carbonyl (C=O) groups excluding carboxylic acids is 1. The maximum absolute atomic E-state index is 12.8. The second kappa shape index (κ2) is 7.43. The summed E-state index contributed by atoms with van der Waals surface area (Å²) in [6, 6.07) is 1.14. The fraction of sp³-hybridized carbons (Fsp3) is 0.750. The van der Waals surface area contributed by atoms with Crippen molar-refractivity contribution >= 4 is 21.7 Å². The number of anilines is 1. The lowest BCUT2D eigenvalue weighted by Gasteiger charge is -2.32. The van der Waals surface area contributed by atoms with Crippen LogP contribution in [-0.4, -0.2) is 55.7 Å². The van der Waals surface area contributed by atoms with Gasteiger partial charge in [-0.2, -0.15) is 5.10 Å². The second-order valence-corrected chi connectivity index (χ2v) is 8.71. The van der Waals surface area contributed by atoms with Crippen LogP contribution < -0.4 is 9.62 Å². The maximum Gasteiger partial charge on any atom is 0.246 e. The third-order valence-corrected chi connectivity index (χ3v) is 6.36. The Morgan fingerprint density at radius 3 is 2.68 bits per heavy atom. The SMILES string of the molecule is Cc1cc(N2CCCC(NS(=O)(=O)CC3CCOCC3)C2=O)n(C)n1. The van der Waals surface area contributed by atoms with E-state index >= 15 is 0 Å². The van der Waals surface area contributed by atoms with Crippen LogP contribution in [0.3, 0.4) is 0 Å². The molecule has 0 spiro atoms. The molecule has 1 aromatic heterocycles. The number of sulfonamides is 1. The standard InChI is InChI=1S/C16H26N4O4S/c1-12-10-15(19(2)17-12)20-7-3-4-14(16(20)21)18-25(22,23)11-13-5-8-24-9-6-13/h10,13-14,18H,3-9,11H2,1-2H3. The zero-order valence-electron chi connectivity index (χ0n) is 14.8. The van der Waals surface area contributed by atoms with Crippen molar-refractivity contribution < 1.29 is 17.9 Å². The molecule has 0 saturated carbocycles. The van der Waals surface area contributed by atoms with Crippen molar-refractivity contribution in [2.45, 2.75) is 38.6 Å². The predicted octanol–water partition coefficient (Wildman–Crippen LogP) is 0.570. The van der Waals surface area contributed by atoms with E-state index in [0.717, 1.165) is 25.0 Å². The van der Waals surface area contributed by atoms with Gasteiger partial charge in [0.05, 0.1) is 11.4 Å². The van der Waals surface area contributed by atoms with Crippen LogP contribution in [0.2, 0.25) is 0 Å². The summed E-state index contributed by atoms with van der Waals surface area (Å²) in [6.45, 7) is 3.66. The molecule has 0 aromatic carbocycles. The Morgan fingerprint density at radius 2 is 2.04 bits per heavy atom. The summed E-state index contributed by atoms with van der Waals surface area (Å²) in [5.74, 6) is 0.659. The molecule has 2 fully saturated rings. The molecule has 3 heterocycles. The first-order valence-corrected chi connectivity index (χ1v) is 10.4. The quantitative estimate of drug-likeness (QED) is 0.818. The van der Waals surface area contributed by atoms with E-state index < -0.39 is 16.1 Å². The normalized spacial score (nSPS) is 23.2. The molecular formula is C16H26N4O4S. The van der Waals surface area contributed by atoms with E-state index in [2.05, 4.69) is 9.82 Å². The number of amides is 1. The number of hydrogen-bond donors (Lipinski definition) is 1. The number of aryl methyl sites for hydroxylation is 2. The van der Waals surface area contributed by atoms with Crippen molar-refractivity contribution in [1.29, 1.82) is 0 Å². The average Bonchev–Trinajstić information content (AvgIpc) is 2.88. The van der Waals surface area contributed by atoms with Gasteiger partial charge in [0.15, 0.2) is 0 Å². The number of hydrogen-bond acceptors (Lipinski definition) is 5. The summed E-state index contributed by atoms with van der Waals surface area (Å²) < 4.78 is 34.5. The van der Waals surface area contributed by atoms with E-state index in [1.807, 2.05) is 13.0 Å². The molecule has 1 unspecified atom stereocenters. The molecule has 2 aliphatic heterocycles. The summed E-state index contributed by atoms with van der Waals surface area (Å²) in [7, 11) is -1.71. The molecule has 2 aliphatic rings. The molecule has 9 heteroatoms. The van der Waals surface area contributed by atoms with Crippen LogP contribution >= 0.6 is 0 Å². The molecule has 3 rings (SSSR count). The summed E-state index contributed by atoms with van der Waals surface area (Å²) in [6.07, 6.45) is 2.78. The topological polar surface area (TPSA) is 93.5 Å². The molecule has 1 aromatic rings. The van der Waals surface area contributed by atoms with Gasteiger partial charge in [-0.1, -0.05) is 0 Å². The van der Waals surface area contributed by atoms with Crippen LogP contribution in [0, 0.1) is 12.8 Å². The monoisotopic (exact) mass is 370 g/mol. The number of nitrogens with one attached hydrogen (secondary N) is 1. The number of piperidine rings is 1. The van der Waals surface area contributed by atoms with Crippen molar-refractivity contribution in [1.82, 2.24) is 14.5 Å². The first-order valence-electron chi connectivity index (χ1n) is 8.75. The van der Waals surface area contributed by atoms with E-state index in [1.165, 1.54) is 0 Å². The van der Waals surface area contributed by atoms with Gasteiger partial charge in [-0.15, -0.1) is 0 Å². The van der Waals surface area contributed by atoms with E-state index in [9.17, 15) is 13.2 Å². The Kier molecular flexibility index (Phi) is 5.45. The smallest absolute Gasteiger partial charge is 0.246 e. The van der Waals surface area contributed by atoms with Gasteiger partial charge in [0.25, 0.3) is 0 Å². The van der Waals surface area contributed by atoms with Crippen LogP contribution in [0.15, 0.2) is 6.07 Å². The first kappa shape index (κ1) is 18.3. The summed E-state index contributed by atoms with van der Waals surface area (Å²) >= 11 is 0. The fourth-order valence-corrected chi connectivity index (χ4v) is 5.25. The van der Waals surface area contributed by atoms with Crippen molar-refractivity contribution in [3.8, 4) is 0 Å². The number of aromatic nitrogens is 2. The van der Waals surface area contributed by atoms with Crippen LogP contribution in [0.25, 0.3) is 0 Å². The highest BCUT2D eigenvalue weighted by Gasteiger charge is 2.34. The molecule has 140 valence electrons. The number of nitrogens with zero attached hydrogens (tertiary/aromatic N) is 3. The fourth-order valence-electron chi connectivity index (χ4n) is 3.55. The number of rotatable bonds is 5. The highest BCUT2D eigenvalue weighted by Crippen LogP contribution is 2.23. The molecule has 2 saturated heterocycles. The van der Waals surface area contributed by atoms with E-state index in [0.29, 0.717) is 32.0 Å². The Bertz CT molecular complexity index is 724. The zero-order chi connectivity index (χ0) is 18.0. The third-order valence-electron chi connectivity index (χ3n) is 4.81. The van der Waals surface area contributed by atoms with Crippen molar-refractivity contribution in [3.05, 3.63) is 11.8 Å². The summed E-state index contributed by atoms with van der Waals surface area (Å²) in [5.41, 5.74) is 0.826. The van der Waals surface area contributed by atoms with Crippen LogP contribution in [0.1, 0.15) is 31.4 Å². The molecule has 0 aliphatic carbocycles. The minimum Gasteiger partial charge on any atom is -0.381 e. The van der Waals surface area contributed by atoms with Gasteiger partial charge in [-0.05, 0) is 38.5 Å². The predicted molar refractivity (Wildman–Crippen MR) is 93.8 cm³/mol. The third kappa shape index (κ3) is 4.39. The lowest BCUT2D eigenvalue weighted by Crippen LogP contribution is -2.53. The molecule has 0 bridgehead atoms. The van der Waals surface area contributed by atoms with Gasteiger partial charge < -0.3 is 4.74 Å². The molecule has 1 atom stereocenters. The lowest BCUT2D eigenvalue weighted by molar-refractivity contribution is -0.121. The van der Waals surface area contributed by atoms with Crippen molar-refractivity contribution in [2.24, 2.45) is 13.0 Å². The Hall–Kier alpha value is -1.45. The van der Waals surface area contributed by atoms with Crippen LogP contribution in [-0.2, 0) is 26.6 Å². The van der Waals surface area contributed by atoms with E-state index in [-0.39, 0.29) is 17.6 Å². The van der Waals surface area contributed by atoms with Gasteiger partial charge in [-0.3, -0.25) is 14.4 Å². The molecular weight excluding hydrogens is 344 g/mol. The number of ether oxygens (including phenoxy) is 1. The van der Waals surface area contributed by atoms with Gasteiger partial charge in [0, 0.05) is 32.9 Å². The summed E-state index contributed by atoms with van der Waals surface area (Å²) in [4.78, 5) is 14.4. The second-order valence-electron chi connectivity index (χ2n) is 6.91. The summed E-state index contributed by atoms with van der Waals surface area (Å²) in [5, 5.41) is 4.27. The molecule has 25 heavy (non-hydrogen) atoms. The van der Waals surface area contributed by atoms with Crippen LogP contribution in [0.5, 0.6) is 0 Å². The zero-order valence-corrected chi connectivity index (χ0v) is 15.6. The lowest BCUT2D eigenvalue weighted by atomic mass is 10.0.